The first-order valence-corrected chi connectivity index (χ1v) is 10.4. The lowest BCUT2D eigenvalue weighted by Crippen LogP contribution is -2.13. The summed E-state index contributed by atoms with van der Waals surface area (Å²) >= 11 is 0.853. The summed E-state index contributed by atoms with van der Waals surface area (Å²) in [5.41, 5.74) is 1.89. The van der Waals surface area contributed by atoms with Gasteiger partial charge >= 0.3 is 0 Å². The highest BCUT2D eigenvalue weighted by molar-refractivity contribution is 7.99. The number of halogens is 4. The number of amides is 1. The van der Waals surface area contributed by atoms with E-state index in [0.717, 1.165) is 0 Å². The molecule has 0 aliphatic carbocycles. The fourth-order valence-electron chi connectivity index (χ4n) is 2.61. The molecule has 30 heavy (non-hydrogen) atoms. The summed E-state index contributed by atoms with van der Waals surface area (Å²) in [5, 5.41) is 5.80. The summed E-state index contributed by atoms with van der Waals surface area (Å²) in [4.78, 5) is 13.5. The van der Waals surface area contributed by atoms with Crippen LogP contribution in [0.5, 0.6) is 0 Å². The summed E-state index contributed by atoms with van der Waals surface area (Å²) in [5.74, 6) is -5.46. The number of para-hydroxylation sites is 1. The van der Waals surface area contributed by atoms with Gasteiger partial charge in [-0.1, -0.05) is 41.7 Å². The number of carbonyl (C=O) groups is 1. The molecule has 0 saturated carbocycles. The Labute approximate surface area is 179 Å². The van der Waals surface area contributed by atoms with Gasteiger partial charge in [-0.05, 0) is 54.6 Å². The molecule has 1 amide bonds. The molecular formula is C21H16F4N2OS2. The van der Waals surface area contributed by atoms with Crippen LogP contribution in [0.4, 0.5) is 34.6 Å². The molecule has 0 spiro atoms. The first kappa shape index (κ1) is 22.0. The molecule has 0 unspecified atom stereocenters. The second-order valence-corrected chi connectivity index (χ2v) is 8.06. The van der Waals surface area contributed by atoms with Crippen molar-refractivity contribution >= 4 is 46.5 Å². The van der Waals surface area contributed by atoms with Crippen LogP contribution in [0, 0.1) is 0 Å². The fourth-order valence-corrected chi connectivity index (χ4v) is 3.67. The highest BCUT2D eigenvalue weighted by Crippen LogP contribution is 2.29. The van der Waals surface area contributed by atoms with Crippen molar-refractivity contribution in [1.29, 1.82) is 0 Å². The number of alkyl halides is 4. The molecule has 0 saturated heterocycles. The second kappa shape index (κ2) is 10.4. The predicted octanol–water partition coefficient (Wildman–Crippen LogP) is 7.31. The summed E-state index contributed by atoms with van der Waals surface area (Å²) in [6.07, 6.45) is 0. The standard InChI is InChI=1S/C21H16F4N2OS2/c22-20(23)29-15-10-8-13(9-11-15)26-18-7-2-1-6-17(18)19(28)27-14-4-3-5-16(12-14)30-21(24)25/h1-12,20-21,26H,(H,27,28). The van der Waals surface area contributed by atoms with Crippen LogP contribution < -0.4 is 10.6 Å². The van der Waals surface area contributed by atoms with E-state index in [2.05, 4.69) is 10.6 Å². The lowest BCUT2D eigenvalue weighted by atomic mass is 10.1. The van der Waals surface area contributed by atoms with Crippen LogP contribution in [-0.4, -0.2) is 17.4 Å². The van der Waals surface area contributed by atoms with Gasteiger partial charge in [0.25, 0.3) is 17.4 Å². The lowest BCUT2D eigenvalue weighted by Gasteiger charge is -2.13. The zero-order valence-electron chi connectivity index (χ0n) is 15.3. The van der Waals surface area contributed by atoms with Crippen LogP contribution >= 0.6 is 23.5 Å². The second-order valence-electron chi connectivity index (χ2n) is 5.93. The molecule has 156 valence electrons. The van der Waals surface area contributed by atoms with Crippen molar-refractivity contribution in [2.75, 3.05) is 10.6 Å². The summed E-state index contributed by atoms with van der Waals surface area (Å²) in [7, 11) is 0. The topological polar surface area (TPSA) is 41.1 Å². The molecule has 0 radical (unpaired) electrons. The molecule has 3 aromatic rings. The molecule has 3 rings (SSSR count). The lowest BCUT2D eigenvalue weighted by molar-refractivity contribution is 0.102. The molecule has 0 aliphatic heterocycles. The molecule has 2 N–H and O–H groups in total. The van der Waals surface area contributed by atoms with Crippen molar-refractivity contribution in [3.05, 3.63) is 78.4 Å². The molecule has 0 heterocycles. The van der Waals surface area contributed by atoms with E-state index < -0.39 is 17.4 Å². The third-order valence-corrected chi connectivity index (χ3v) is 5.27. The molecule has 0 aromatic heterocycles. The predicted molar refractivity (Wildman–Crippen MR) is 114 cm³/mol. The first-order valence-electron chi connectivity index (χ1n) is 8.68. The van der Waals surface area contributed by atoms with Crippen molar-refractivity contribution in [1.82, 2.24) is 0 Å². The fraction of sp³-hybridized carbons (Fsp3) is 0.0952. The Bertz CT molecular complexity index is 1000. The number of thioether (sulfide) groups is 2. The minimum absolute atomic E-state index is 0.343. The van der Waals surface area contributed by atoms with Crippen LogP contribution in [0.1, 0.15) is 10.4 Å². The molecule has 3 nitrogen and oxygen atoms in total. The van der Waals surface area contributed by atoms with E-state index in [1.54, 1.807) is 60.7 Å². The smallest absolute Gasteiger partial charge is 0.288 e. The average molecular weight is 452 g/mol. The zero-order valence-corrected chi connectivity index (χ0v) is 17.0. The largest absolute Gasteiger partial charge is 0.355 e. The van der Waals surface area contributed by atoms with Gasteiger partial charge in [0.15, 0.2) is 0 Å². The Morgan fingerprint density at radius 2 is 1.40 bits per heavy atom. The highest BCUT2D eigenvalue weighted by Gasteiger charge is 2.13. The Hall–Kier alpha value is -2.65. The minimum atomic E-state index is -2.55. The highest BCUT2D eigenvalue weighted by atomic mass is 32.2. The van der Waals surface area contributed by atoms with Gasteiger partial charge in [-0.2, -0.15) is 17.6 Å². The van der Waals surface area contributed by atoms with E-state index in [1.165, 1.54) is 12.1 Å². The number of nitrogens with one attached hydrogen (secondary N) is 2. The van der Waals surface area contributed by atoms with Crippen molar-refractivity contribution in [2.45, 2.75) is 21.3 Å². The van der Waals surface area contributed by atoms with Gasteiger partial charge in [0.1, 0.15) is 0 Å². The van der Waals surface area contributed by atoms with Crippen LogP contribution in [0.15, 0.2) is 82.6 Å². The number of hydrogen-bond donors (Lipinski definition) is 2. The van der Waals surface area contributed by atoms with E-state index >= 15 is 0 Å². The number of hydrogen-bond acceptors (Lipinski definition) is 4. The van der Waals surface area contributed by atoms with Gasteiger partial charge in [0.2, 0.25) is 0 Å². The Kier molecular flexibility index (Phi) is 7.64. The van der Waals surface area contributed by atoms with E-state index in [0.29, 0.717) is 55.9 Å². The van der Waals surface area contributed by atoms with E-state index in [9.17, 15) is 22.4 Å². The third-order valence-electron chi connectivity index (χ3n) is 3.85. The molecule has 0 bridgehead atoms. The van der Waals surface area contributed by atoms with Crippen LogP contribution in [-0.2, 0) is 0 Å². The van der Waals surface area contributed by atoms with E-state index in [1.807, 2.05) is 0 Å². The minimum Gasteiger partial charge on any atom is -0.355 e. The molecule has 0 aliphatic rings. The normalized spacial score (nSPS) is 11.0. The Balaban J connectivity index is 1.74. The van der Waals surface area contributed by atoms with Gasteiger partial charge < -0.3 is 10.6 Å². The molecule has 0 fully saturated rings. The Morgan fingerprint density at radius 1 is 0.733 bits per heavy atom. The maximum atomic E-state index is 12.7. The van der Waals surface area contributed by atoms with Crippen LogP contribution in [0.25, 0.3) is 0 Å². The summed E-state index contributed by atoms with van der Waals surface area (Å²) in [6, 6.07) is 19.4. The first-order chi connectivity index (χ1) is 14.4. The van der Waals surface area contributed by atoms with Crippen molar-refractivity contribution in [3.63, 3.8) is 0 Å². The number of carbonyl (C=O) groups excluding carboxylic acids is 1. The molecule has 0 atom stereocenters. The number of rotatable bonds is 8. The van der Waals surface area contributed by atoms with Crippen LogP contribution in [0.3, 0.4) is 0 Å². The van der Waals surface area contributed by atoms with Gasteiger partial charge in [-0.15, -0.1) is 0 Å². The number of benzene rings is 3. The molecule has 3 aromatic carbocycles. The van der Waals surface area contributed by atoms with Gasteiger partial charge in [0.05, 0.1) is 11.3 Å². The maximum Gasteiger partial charge on any atom is 0.288 e. The van der Waals surface area contributed by atoms with Gasteiger partial charge in [0, 0.05) is 21.2 Å². The summed E-state index contributed by atoms with van der Waals surface area (Å²) in [6.45, 7) is 0. The van der Waals surface area contributed by atoms with Crippen molar-refractivity contribution < 1.29 is 22.4 Å². The maximum absolute atomic E-state index is 12.7. The Morgan fingerprint density at radius 3 is 2.10 bits per heavy atom. The molecule has 9 heteroatoms. The summed E-state index contributed by atoms with van der Waals surface area (Å²) < 4.78 is 50.0. The van der Waals surface area contributed by atoms with Gasteiger partial charge in [-0.25, -0.2) is 0 Å². The quantitative estimate of drug-likeness (QED) is 0.278. The number of anilines is 3. The van der Waals surface area contributed by atoms with Crippen molar-refractivity contribution in [2.24, 2.45) is 0 Å². The molecular weight excluding hydrogens is 436 g/mol. The average Bonchev–Trinajstić information content (AvgIpc) is 2.69. The van der Waals surface area contributed by atoms with E-state index in [4.69, 9.17) is 0 Å². The zero-order chi connectivity index (χ0) is 21.5. The SMILES string of the molecule is O=C(Nc1cccc(SC(F)F)c1)c1ccccc1Nc1ccc(SC(F)F)cc1. The van der Waals surface area contributed by atoms with Crippen molar-refractivity contribution in [3.8, 4) is 0 Å². The third kappa shape index (κ3) is 6.43. The van der Waals surface area contributed by atoms with Crippen LogP contribution in [0.2, 0.25) is 0 Å². The monoisotopic (exact) mass is 452 g/mol. The van der Waals surface area contributed by atoms with E-state index in [-0.39, 0.29) is 0 Å². The van der Waals surface area contributed by atoms with Gasteiger partial charge in [-0.3, -0.25) is 4.79 Å².